The third-order valence-electron chi connectivity index (χ3n) is 4.09. The van der Waals surface area contributed by atoms with Gasteiger partial charge in [-0.25, -0.2) is 0 Å². The fourth-order valence-corrected chi connectivity index (χ4v) is 3.08. The molecule has 1 saturated heterocycles. The summed E-state index contributed by atoms with van der Waals surface area (Å²) in [5.41, 5.74) is 8.87. The highest BCUT2D eigenvalue weighted by atomic mass is 16.5. The zero-order valence-corrected chi connectivity index (χ0v) is 12.3. The number of nitrogens with zero attached hydrogens (tertiary/aromatic N) is 1. The van der Waals surface area contributed by atoms with Crippen molar-refractivity contribution in [2.75, 3.05) is 20.3 Å². The Bertz CT molecular complexity index is 399. The zero-order valence-electron chi connectivity index (χ0n) is 12.3. The van der Waals surface area contributed by atoms with E-state index in [2.05, 4.69) is 50.1 Å². The molecule has 0 radical (unpaired) electrons. The minimum absolute atomic E-state index is 0.120. The number of ether oxygens (including phenoxy) is 1. The summed E-state index contributed by atoms with van der Waals surface area (Å²) in [6, 6.07) is 9.68. The Balaban J connectivity index is 2.19. The Morgan fingerprint density at radius 1 is 1.32 bits per heavy atom. The molecular formula is C16H26N2O. The molecule has 2 rings (SSSR count). The molecule has 2 atom stereocenters. The number of rotatable bonds is 4. The van der Waals surface area contributed by atoms with E-state index < -0.39 is 0 Å². The van der Waals surface area contributed by atoms with Gasteiger partial charge in [-0.2, -0.15) is 0 Å². The molecule has 3 nitrogen and oxygen atoms in total. The van der Waals surface area contributed by atoms with Gasteiger partial charge in [0.2, 0.25) is 0 Å². The van der Waals surface area contributed by atoms with Crippen LogP contribution in [0, 0.1) is 6.92 Å². The zero-order chi connectivity index (χ0) is 13.8. The number of nitrogens with two attached hydrogens (primary N) is 1. The van der Waals surface area contributed by atoms with E-state index in [-0.39, 0.29) is 12.1 Å². The van der Waals surface area contributed by atoms with Gasteiger partial charge < -0.3 is 10.5 Å². The van der Waals surface area contributed by atoms with Crippen LogP contribution < -0.4 is 5.73 Å². The third kappa shape index (κ3) is 3.56. The third-order valence-corrected chi connectivity index (χ3v) is 4.09. The smallest absolute Gasteiger partial charge is 0.0496 e. The van der Waals surface area contributed by atoms with Crippen molar-refractivity contribution in [3.63, 3.8) is 0 Å². The van der Waals surface area contributed by atoms with E-state index in [1.165, 1.54) is 11.1 Å². The number of benzene rings is 1. The van der Waals surface area contributed by atoms with Crippen LogP contribution in [0.5, 0.6) is 0 Å². The highest BCUT2D eigenvalue weighted by molar-refractivity contribution is 5.26. The Morgan fingerprint density at radius 3 is 2.58 bits per heavy atom. The summed E-state index contributed by atoms with van der Waals surface area (Å²) in [6.07, 6.45) is 2.21. The summed E-state index contributed by atoms with van der Waals surface area (Å²) < 4.78 is 5.46. The molecule has 1 aliphatic rings. The minimum Gasteiger partial charge on any atom is -0.381 e. The first-order valence-electron chi connectivity index (χ1n) is 7.21. The highest BCUT2D eigenvalue weighted by Gasteiger charge is 2.28. The maximum Gasteiger partial charge on any atom is 0.0496 e. The molecule has 2 N–H and O–H groups in total. The second-order valence-corrected chi connectivity index (χ2v) is 5.73. The molecule has 0 saturated carbocycles. The van der Waals surface area contributed by atoms with Crippen LogP contribution in [0.2, 0.25) is 0 Å². The maximum absolute atomic E-state index is 6.25. The van der Waals surface area contributed by atoms with Crippen molar-refractivity contribution in [2.24, 2.45) is 5.73 Å². The summed E-state index contributed by atoms with van der Waals surface area (Å²) >= 11 is 0. The van der Waals surface area contributed by atoms with E-state index in [0.717, 1.165) is 26.1 Å². The Labute approximate surface area is 116 Å². The normalized spacial score (nSPS) is 20.5. The molecule has 0 aliphatic carbocycles. The van der Waals surface area contributed by atoms with Crippen molar-refractivity contribution in [1.82, 2.24) is 4.90 Å². The fourth-order valence-electron chi connectivity index (χ4n) is 3.08. The van der Waals surface area contributed by atoms with Crippen LogP contribution in [0.15, 0.2) is 24.3 Å². The second-order valence-electron chi connectivity index (χ2n) is 5.73. The predicted molar refractivity (Wildman–Crippen MR) is 79.2 cm³/mol. The van der Waals surface area contributed by atoms with Crippen molar-refractivity contribution < 1.29 is 4.74 Å². The average molecular weight is 262 g/mol. The number of aryl methyl sites for hydroxylation is 1. The summed E-state index contributed by atoms with van der Waals surface area (Å²) in [6.45, 7) is 5.97. The molecule has 1 aliphatic heterocycles. The number of likely N-dealkylation sites (N-methyl/N-ethyl adjacent to an activating group) is 1. The Kier molecular flexibility index (Phi) is 4.97. The van der Waals surface area contributed by atoms with E-state index >= 15 is 0 Å². The van der Waals surface area contributed by atoms with Crippen molar-refractivity contribution in [2.45, 2.75) is 44.8 Å². The van der Waals surface area contributed by atoms with Gasteiger partial charge >= 0.3 is 0 Å². The second kappa shape index (κ2) is 6.51. The summed E-state index contributed by atoms with van der Waals surface area (Å²) in [5.74, 6) is 0. The van der Waals surface area contributed by atoms with Crippen LogP contribution in [-0.2, 0) is 4.74 Å². The molecule has 0 bridgehead atoms. The van der Waals surface area contributed by atoms with Gasteiger partial charge in [0.25, 0.3) is 0 Å². The van der Waals surface area contributed by atoms with Gasteiger partial charge in [0.15, 0.2) is 0 Å². The van der Waals surface area contributed by atoms with Crippen molar-refractivity contribution in [3.8, 4) is 0 Å². The number of hydrogen-bond acceptors (Lipinski definition) is 3. The monoisotopic (exact) mass is 262 g/mol. The summed E-state index contributed by atoms with van der Waals surface area (Å²) in [4.78, 5) is 2.45. The van der Waals surface area contributed by atoms with Crippen LogP contribution in [0.4, 0.5) is 0 Å². The van der Waals surface area contributed by atoms with Gasteiger partial charge in [0, 0.05) is 31.3 Å². The Hall–Kier alpha value is -0.900. The molecule has 3 heteroatoms. The molecule has 19 heavy (non-hydrogen) atoms. The lowest BCUT2D eigenvalue weighted by Crippen LogP contribution is -2.45. The molecular weight excluding hydrogens is 236 g/mol. The SMILES string of the molecule is Cc1cccc(C(C(C)N)N(C)C2CCOCC2)c1. The molecule has 0 aromatic heterocycles. The van der Waals surface area contributed by atoms with E-state index in [4.69, 9.17) is 10.5 Å². The first-order valence-corrected chi connectivity index (χ1v) is 7.21. The number of hydrogen-bond donors (Lipinski definition) is 1. The standard InChI is InChI=1S/C16H26N2O/c1-12-5-4-6-14(11-12)16(13(2)17)18(3)15-7-9-19-10-8-15/h4-6,11,13,15-16H,7-10,17H2,1-3H3. The fraction of sp³-hybridized carbons (Fsp3) is 0.625. The lowest BCUT2D eigenvalue weighted by molar-refractivity contribution is 0.0246. The lowest BCUT2D eigenvalue weighted by atomic mass is 9.95. The van der Waals surface area contributed by atoms with E-state index in [0.29, 0.717) is 6.04 Å². The quantitative estimate of drug-likeness (QED) is 0.906. The molecule has 1 aromatic carbocycles. The van der Waals surface area contributed by atoms with Crippen molar-refractivity contribution in [3.05, 3.63) is 35.4 Å². The molecule has 2 unspecified atom stereocenters. The van der Waals surface area contributed by atoms with Gasteiger partial charge in [-0.3, -0.25) is 4.90 Å². The molecule has 1 aromatic rings. The lowest BCUT2D eigenvalue weighted by Gasteiger charge is -2.39. The molecule has 106 valence electrons. The van der Waals surface area contributed by atoms with Crippen LogP contribution in [0.3, 0.4) is 0 Å². The van der Waals surface area contributed by atoms with Crippen LogP contribution in [0.1, 0.15) is 36.9 Å². The van der Waals surface area contributed by atoms with Gasteiger partial charge in [-0.15, -0.1) is 0 Å². The van der Waals surface area contributed by atoms with Gasteiger partial charge in [-0.05, 0) is 39.3 Å². The largest absolute Gasteiger partial charge is 0.381 e. The molecule has 1 heterocycles. The van der Waals surface area contributed by atoms with Crippen LogP contribution >= 0.6 is 0 Å². The Morgan fingerprint density at radius 2 is 2.00 bits per heavy atom. The molecule has 0 amide bonds. The maximum atomic E-state index is 6.25. The van der Waals surface area contributed by atoms with E-state index in [9.17, 15) is 0 Å². The van der Waals surface area contributed by atoms with Crippen LogP contribution in [0.25, 0.3) is 0 Å². The minimum atomic E-state index is 0.120. The van der Waals surface area contributed by atoms with Crippen molar-refractivity contribution in [1.29, 1.82) is 0 Å². The van der Waals surface area contributed by atoms with Gasteiger partial charge in [-0.1, -0.05) is 29.8 Å². The van der Waals surface area contributed by atoms with Crippen molar-refractivity contribution >= 4 is 0 Å². The predicted octanol–water partition coefficient (Wildman–Crippen LogP) is 2.49. The summed E-state index contributed by atoms with van der Waals surface area (Å²) in [5, 5.41) is 0. The average Bonchev–Trinajstić information content (AvgIpc) is 2.39. The van der Waals surface area contributed by atoms with Crippen LogP contribution in [-0.4, -0.2) is 37.2 Å². The molecule has 0 spiro atoms. The first kappa shape index (κ1) is 14.5. The van der Waals surface area contributed by atoms with Gasteiger partial charge in [0.05, 0.1) is 0 Å². The van der Waals surface area contributed by atoms with E-state index in [1.807, 2.05) is 0 Å². The first-order chi connectivity index (χ1) is 9.09. The van der Waals surface area contributed by atoms with E-state index in [1.54, 1.807) is 0 Å². The topological polar surface area (TPSA) is 38.5 Å². The van der Waals surface area contributed by atoms with Gasteiger partial charge in [0.1, 0.15) is 0 Å². The summed E-state index contributed by atoms with van der Waals surface area (Å²) in [7, 11) is 2.20. The highest BCUT2D eigenvalue weighted by Crippen LogP contribution is 2.28. The molecule has 1 fully saturated rings.